The van der Waals surface area contributed by atoms with Gasteiger partial charge in [0.05, 0.1) is 4.99 Å². The van der Waals surface area contributed by atoms with Gasteiger partial charge in [-0.2, -0.15) is 0 Å². The van der Waals surface area contributed by atoms with E-state index in [1.54, 1.807) is 0 Å². The highest BCUT2D eigenvalue weighted by atomic mass is 32.1. The van der Waals surface area contributed by atoms with Crippen LogP contribution < -0.4 is 5.73 Å². The van der Waals surface area contributed by atoms with Crippen molar-refractivity contribution in [1.29, 1.82) is 0 Å². The van der Waals surface area contributed by atoms with Crippen LogP contribution in [-0.2, 0) is 0 Å². The fraction of sp³-hybridized carbons (Fsp3) is 0.333. The van der Waals surface area contributed by atoms with Crippen molar-refractivity contribution in [2.75, 3.05) is 0 Å². The van der Waals surface area contributed by atoms with Crippen molar-refractivity contribution in [3.8, 4) is 0 Å². The summed E-state index contributed by atoms with van der Waals surface area (Å²) in [5.74, 6) is 0. The van der Waals surface area contributed by atoms with Crippen LogP contribution in [0.25, 0.3) is 0 Å². The Morgan fingerprint density at radius 2 is 2.20 bits per heavy atom. The van der Waals surface area contributed by atoms with Gasteiger partial charge in [-0.3, -0.25) is 0 Å². The van der Waals surface area contributed by atoms with Crippen LogP contribution in [-0.4, -0.2) is 4.99 Å². The van der Waals surface area contributed by atoms with Gasteiger partial charge in [-0.25, -0.2) is 0 Å². The molecule has 2 N–H and O–H groups in total. The largest absolute Gasteiger partial charge is 0.393 e. The average molecular weight is 88.2 g/mol. The van der Waals surface area contributed by atoms with Crippen molar-refractivity contribution in [2.45, 2.75) is 6.42 Å². The molecular formula is C3H6NS. The minimum atomic E-state index is 0.477. The predicted octanol–water partition coefficient (Wildman–Crippen LogP) is 0.497. The topological polar surface area (TPSA) is 26.0 Å². The number of thiocarbonyl (C=S) groups is 1. The first-order valence-electron chi connectivity index (χ1n) is 1.35. The van der Waals surface area contributed by atoms with Gasteiger partial charge in [0.15, 0.2) is 0 Å². The second-order valence-corrected chi connectivity index (χ2v) is 1.24. The second-order valence-electron chi connectivity index (χ2n) is 0.716. The maximum absolute atomic E-state index is 4.96. The maximum Gasteiger partial charge on any atom is 0.0727 e. The lowest BCUT2D eigenvalue weighted by Crippen LogP contribution is -2.03. The summed E-state index contributed by atoms with van der Waals surface area (Å²) < 4.78 is 0. The van der Waals surface area contributed by atoms with E-state index in [1.165, 1.54) is 0 Å². The minimum Gasteiger partial charge on any atom is -0.393 e. The number of hydrogen-bond donors (Lipinski definition) is 1. The fourth-order valence-electron chi connectivity index (χ4n) is 0. The Bertz CT molecular complexity index is 42.2. The highest BCUT2D eigenvalue weighted by Crippen LogP contribution is 1.68. The van der Waals surface area contributed by atoms with E-state index in [0.717, 1.165) is 0 Å². The van der Waals surface area contributed by atoms with Crippen molar-refractivity contribution in [3.63, 3.8) is 0 Å². The zero-order valence-corrected chi connectivity index (χ0v) is 3.72. The molecule has 0 aliphatic rings. The van der Waals surface area contributed by atoms with Gasteiger partial charge in [0, 0.05) is 0 Å². The Labute approximate surface area is 37.2 Å². The number of hydrogen-bond acceptors (Lipinski definition) is 1. The van der Waals surface area contributed by atoms with E-state index in [-0.39, 0.29) is 0 Å². The third kappa shape index (κ3) is 3.89. The van der Waals surface area contributed by atoms with E-state index in [2.05, 4.69) is 19.1 Å². The molecule has 0 aliphatic heterocycles. The van der Waals surface area contributed by atoms with Crippen molar-refractivity contribution >= 4 is 17.2 Å². The molecule has 0 unspecified atom stereocenters. The molecule has 2 heteroatoms. The molecule has 0 saturated heterocycles. The smallest absolute Gasteiger partial charge is 0.0727 e. The molecule has 0 aromatic rings. The Morgan fingerprint density at radius 3 is 2.20 bits per heavy atom. The summed E-state index contributed by atoms with van der Waals surface area (Å²) in [6.07, 6.45) is 0.565. The molecule has 0 heterocycles. The molecule has 1 radical (unpaired) electrons. The van der Waals surface area contributed by atoms with Crippen molar-refractivity contribution in [2.24, 2.45) is 5.73 Å². The van der Waals surface area contributed by atoms with Gasteiger partial charge in [0.25, 0.3) is 0 Å². The Kier molecular flexibility index (Phi) is 2.10. The molecule has 5 heavy (non-hydrogen) atoms. The van der Waals surface area contributed by atoms with E-state index in [9.17, 15) is 0 Å². The van der Waals surface area contributed by atoms with Gasteiger partial charge >= 0.3 is 0 Å². The normalized spacial score (nSPS) is 7.40. The van der Waals surface area contributed by atoms with Crippen LogP contribution in [0, 0.1) is 6.92 Å². The van der Waals surface area contributed by atoms with Crippen LogP contribution in [0.1, 0.15) is 6.42 Å². The lowest BCUT2D eigenvalue weighted by Gasteiger charge is -1.78. The van der Waals surface area contributed by atoms with Gasteiger partial charge < -0.3 is 5.73 Å². The van der Waals surface area contributed by atoms with E-state index in [0.29, 0.717) is 11.4 Å². The molecule has 0 bridgehead atoms. The van der Waals surface area contributed by atoms with Crippen molar-refractivity contribution in [3.05, 3.63) is 6.92 Å². The second kappa shape index (κ2) is 2.15. The molecule has 0 aromatic heterocycles. The van der Waals surface area contributed by atoms with Crippen molar-refractivity contribution < 1.29 is 0 Å². The van der Waals surface area contributed by atoms with Crippen LogP contribution in [0.2, 0.25) is 0 Å². The summed E-state index contributed by atoms with van der Waals surface area (Å²) in [4.78, 5) is 0.477. The summed E-state index contributed by atoms with van der Waals surface area (Å²) >= 11 is 4.41. The first-order chi connectivity index (χ1) is 2.27. The van der Waals surface area contributed by atoms with Gasteiger partial charge in [0.2, 0.25) is 0 Å². The summed E-state index contributed by atoms with van der Waals surface area (Å²) in [5.41, 5.74) is 4.96. The fourth-order valence-corrected chi connectivity index (χ4v) is 0. The molecule has 29 valence electrons. The molecule has 0 rings (SSSR count). The van der Waals surface area contributed by atoms with E-state index < -0.39 is 0 Å². The third-order valence-electron chi connectivity index (χ3n) is 0.246. The molecule has 0 spiro atoms. The molecule has 0 aliphatic carbocycles. The Morgan fingerprint density at radius 1 is 2.00 bits per heavy atom. The van der Waals surface area contributed by atoms with Gasteiger partial charge in [-0.15, -0.1) is 0 Å². The van der Waals surface area contributed by atoms with Crippen LogP contribution in [0.15, 0.2) is 0 Å². The minimum absolute atomic E-state index is 0.477. The first-order valence-corrected chi connectivity index (χ1v) is 1.75. The monoisotopic (exact) mass is 88.0 g/mol. The van der Waals surface area contributed by atoms with E-state index in [4.69, 9.17) is 5.73 Å². The standard InChI is InChI=1S/C3H6NS/c1-2-3(4)5/h1-2H2,(H2,4,5). The zero-order valence-electron chi connectivity index (χ0n) is 2.90. The summed E-state index contributed by atoms with van der Waals surface area (Å²) in [6, 6.07) is 0. The van der Waals surface area contributed by atoms with Gasteiger partial charge in [0.1, 0.15) is 0 Å². The lowest BCUT2D eigenvalue weighted by molar-refractivity contribution is 1.48. The zero-order chi connectivity index (χ0) is 4.28. The highest BCUT2D eigenvalue weighted by molar-refractivity contribution is 7.80. The number of nitrogens with two attached hydrogens (primary N) is 1. The quantitative estimate of drug-likeness (QED) is 0.472. The molecule has 0 fully saturated rings. The maximum atomic E-state index is 4.96. The molecule has 0 saturated carbocycles. The predicted molar refractivity (Wildman–Crippen MR) is 26.8 cm³/mol. The van der Waals surface area contributed by atoms with Gasteiger partial charge in [-0.1, -0.05) is 12.2 Å². The van der Waals surface area contributed by atoms with Crippen LogP contribution in [0.4, 0.5) is 0 Å². The molecule has 0 aromatic carbocycles. The highest BCUT2D eigenvalue weighted by Gasteiger charge is 1.71. The summed E-state index contributed by atoms with van der Waals surface area (Å²) in [6.45, 7) is 3.42. The molecule has 0 atom stereocenters. The van der Waals surface area contributed by atoms with Crippen molar-refractivity contribution in [1.82, 2.24) is 0 Å². The Balaban J connectivity index is 2.85. The third-order valence-corrected chi connectivity index (χ3v) is 0.451. The van der Waals surface area contributed by atoms with Crippen LogP contribution in [0.5, 0.6) is 0 Å². The summed E-state index contributed by atoms with van der Waals surface area (Å²) in [7, 11) is 0. The number of rotatable bonds is 1. The van der Waals surface area contributed by atoms with Crippen LogP contribution in [0.3, 0.4) is 0 Å². The van der Waals surface area contributed by atoms with Crippen LogP contribution >= 0.6 is 12.2 Å². The lowest BCUT2D eigenvalue weighted by atomic mass is 10.5. The average Bonchev–Trinajstić information content (AvgIpc) is 1.38. The summed E-state index contributed by atoms with van der Waals surface area (Å²) in [5, 5.41) is 0. The van der Waals surface area contributed by atoms with E-state index >= 15 is 0 Å². The molecule has 0 amide bonds. The Hall–Kier alpha value is -0.110. The first kappa shape index (κ1) is 4.89. The molecule has 1 nitrogen and oxygen atoms in total. The van der Waals surface area contributed by atoms with Gasteiger partial charge in [-0.05, 0) is 13.3 Å². The van der Waals surface area contributed by atoms with E-state index in [1.807, 2.05) is 0 Å². The SMILES string of the molecule is [CH2]CC(N)=S. The molecular weight excluding hydrogens is 82.1 g/mol.